The van der Waals surface area contributed by atoms with E-state index >= 15 is 0 Å². The highest BCUT2D eigenvalue weighted by Gasteiger charge is 2.20. The van der Waals surface area contributed by atoms with Crippen LogP contribution in [-0.2, 0) is 16.6 Å². The largest absolute Gasteiger partial charge is 0.326 e. The van der Waals surface area contributed by atoms with Crippen molar-refractivity contribution in [2.45, 2.75) is 18.4 Å². The maximum absolute atomic E-state index is 12.5. The molecule has 0 unspecified atom stereocenters. The zero-order chi connectivity index (χ0) is 15.6. The van der Waals surface area contributed by atoms with Crippen LogP contribution in [0.5, 0.6) is 0 Å². The first-order valence-electron chi connectivity index (χ1n) is 6.11. The smallest absolute Gasteiger partial charge is 0.262 e. The molecule has 21 heavy (non-hydrogen) atoms. The van der Waals surface area contributed by atoms with Crippen molar-refractivity contribution in [3.63, 3.8) is 0 Å². The summed E-state index contributed by atoms with van der Waals surface area (Å²) >= 11 is 11.9. The second-order valence-electron chi connectivity index (χ2n) is 4.48. The second kappa shape index (κ2) is 6.23. The fourth-order valence-corrected chi connectivity index (χ4v) is 3.88. The monoisotopic (exact) mass is 344 g/mol. The van der Waals surface area contributed by atoms with Gasteiger partial charge in [-0.2, -0.15) is 0 Å². The van der Waals surface area contributed by atoms with Crippen molar-refractivity contribution in [3.8, 4) is 0 Å². The Balaban J connectivity index is 2.50. The molecule has 0 fully saturated rings. The minimum absolute atomic E-state index is 0.0929. The van der Waals surface area contributed by atoms with Crippen molar-refractivity contribution >= 4 is 38.9 Å². The molecule has 2 rings (SSSR count). The Hall–Kier alpha value is -1.27. The number of rotatable bonds is 4. The van der Waals surface area contributed by atoms with Crippen molar-refractivity contribution in [2.75, 3.05) is 4.72 Å². The number of hydrogen-bond acceptors (Lipinski definition) is 3. The Morgan fingerprint density at radius 3 is 2.48 bits per heavy atom. The first-order chi connectivity index (χ1) is 9.85. The van der Waals surface area contributed by atoms with Gasteiger partial charge in [-0.3, -0.25) is 4.72 Å². The number of hydrogen-bond donors (Lipinski definition) is 2. The molecule has 0 spiro atoms. The lowest BCUT2D eigenvalue weighted by atomic mass is 10.1. The highest BCUT2D eigenvalue weighted by Crippen LogP contribution is 2.28. The van der Waals surface area contributed by atoms with Gasteiger partial charge in [0.1, 0.15) is 0 Å². The molecular formula is C14H14Cl2N2O2S. The van der Waals surface area contributed by atoms with E-state index in [1.807, 2.05) is 0 Å². The molecule has 0 saturated carbocycles. The summed E-state index contributed by atoms with van der Waals surface area (Å²) in [5.74, 6) is 0. The van der Waals surface area contributed by atoms with Crippen LogP contribution in [0, 0.1) is 6.92 Å². The molecule has 112 valence electrons. The standard InChI is InChI=1S/C14H14Cl2N2O2S/c1-9-10(8-17)6-11(15)7-14(9)21(19,20)18-13-5-3-2-4-12(13)16/h2-7,18H,8,17H2,1H3. The van der Waals surface area contributed by atoms with Crippen LogP contribution in [0.15, 0.2) is 41.3 Å². The number of anilines is 1. The van der Waals surface area contributed by atoms with E-state index in [4.69, 9.17) is 28.9 Å². The Kier molecular flexibility index (Phi) is 4.78. The van der Waals surface area contributed by atoms with Crippen LogP contribution in [0.25, 0.3) is 0 Å². The molecule has 3 N–H and O–H groups in total. The molecule has 0 aliphatic carbocycles. The third-order valence-corrected chi connectivity index (χ3v) is 5.10. The molecule has 2 aromatic carbocycles. The zero-order valence-electron chi connectivity index (χ0n) is 11.2. The molecule has 7 heteroatoms. The second-order valence-corrected chi connectivity index (χ2v) is 6.97. The Bertz CT molecular complexity index is 777. The number of sulfonamides is 1. The van der Waals surface area contributed by atoms with Gasteiger partial charge in [-0.25, -0.2) is 8.42 Å². The summed E-state index contributed by atoms with van der Waals surface area (Å²) in [6.07, 6.45) is 0. The first kappa shape index (κ1) is 16.1. The fraction of sp³-hybridized carbons (Fsp3) is 0.143. The summed E-state index contributed by atoms with van der Waals surface area (Å²) in [5, 5.41) is 0.639. The highest BCUT2D eigenvalue weighted by atomic mass is 35.5. The van der Waals surface area contributed by atoms with Crippen molar-refractivity contribution in [3.05, 3.63) is 57.6 Å². The van der Waals surface area contributed by atoms with Crippen LogP contribution >= 0.6 is 23.2 Å². The summed E-state index contributed by atoms with van der Waals surface area (Å²) in [4.78, 5) is 0.0929. The number of halogens is 2. The van der Waals surface area contributed by atoms with Crippen LogP contribution in [0.1, 0.15) is 11.1 Å². The first-order valence-corrected chi connectivity index (χ1v) is 8.35. The van der Waals surface area contributed by atoms with E-state index in [1.165, 1.54) is 6.07 Å². The summed E-state index contributed by atoms with van der Waals surface area (Å²) in [5.41, 5.74) is 7.18. The van der Waals surface area contributed by atoms with Crippen molar-refractivity contribution in [1.82, 2.24) is 0 Å². The molecule has 0 bridgehead atoms. The average Bonchev–Trinajstić information content (AvgIpc) is 2.43. The van der Waals surface area contributed by atoms with Crippen LogP contribution < -0.4 is 10.5 Å². The molecule has 0 radical (unpaired) electrons. The van der Waals surface area contributed by atoms with Gasteiger partial charge in [0.25, 0.3) is 10.0 Å². The maximum Gasteiger partial charge on any atom is 0.262 e. The van der Waals surface area contributed by atoms with Crippen molar-refractivity contribution < 1.29 is 8.42 Å². The molecule has 0 aromatic heterocycles. The molecule has 0 saturated heterocycles. The zero-order valence-corrected chi connectivity index (χ0v) is 13.6. The lowest BCUT2D eigenvalue weighted by molar-refractivity contribution is 0.600. The predicted molar refractivity (Wildman–Crippen MR) is 86.3 cm³/mol. The van der Waals surface area contributed by atoms with E-state index in [-0.39, 0.29) is 11.4 Å². The van der Waals surface area contributed by atoms with Gasteiger partial charge in [-0.05, 0) is 42.3 Å². The maximum atomic E-state index is 12.5. The van der Waals surface area contributed by atoms with E-state index < -0.39 is 10.0 Å². The third-order valence-electron chi connectivity index (χ3n) is 3.06. The number of nitrogens with two attached hydrogens (primary N) is 1. The molecule has 0 aliphatic rings. The SMILES string of the molecule is Cc1c(CN)cc(Cl)cc1S(=O)(=O)Nc1ccccc1Cl. The van der Waals surface area contributed by atoms with Gasteiger partial charge in [-0.1, -0.05) is 35.3 Å². The fourth-order valence-electron chi connectivity index (χ4n) is 1.94. The topological polar surface area (TPSA) is 72.2 Å². The molecular weight excluding hydrogens is 331 g/mol. The number of nitrogens with one attached hydrogen (secondary N) is 1. The summed E-state index contributed by atoms with van der Waals surface area (Å²) < 4.78 is 27.5. The Labute approximate surface area is 133 Å². The molecule has 2 aromatic rings. The Morgan fingerprint density at radius 2 is 1.86 bits per heavy atom. The normalized spacial score (nSPS) is 11.4. The predicted octanol–water partition coefficient (Wildman–Crippen LogP) is 3.56. The number of benzene rings is 2. The summed E-state index contributed by atoms with van der Waals surface area (Å²) in [6, 6.07) is 9.66. The van der Waals surface area contributed by atoms with Crippen molar-refractivity contribution in [2.24, 2.45) is 5.73 Å². The third kappa shape index (κ3) is 3.49. The molecule has 4 nitrogen and oxygen atoms in total. The van der Waals surface area contributed by atoms with E-state index in [1.54, 1.807) is 37.3 Å². The van der Waals surface area contributed by atoms with Crippen LogP contribution in [0.2, 0.25) is 10.0 Å². The quantitative estimate of drug-likeness (QED) is 0.890. The van der Waals surface area contributed by atoms with E-state index in [2.05, 4.69) is 4.72 Å². The van der Waals surface area contributed by atoms with Gasteiger partial charge in [0.15, 0.2) is 0 Å². The summed E-state index contributed by atoms with van der Waals surface area (Å²) in [6.45, 7) is 1.90. The minimum atomic E-state index is -3.80. The van der Waals surface area contributed by atoms with Gasteiger partial charge >= 0.3 is 0 Å². The van der Waals surface area contributed by atoms with Crippen LogP contribution in [0.4, 0.5) is 5.69 Å². The van der Waals surface area contributed by atoms with Gasteiger partial charge in [0, 0.05) is 11.6 Å². The average molecular weight is 345 g/mol. The minimum Gasteiger partial charge on any atom is -0.326 e. The van der Waals surface area contributed by atoms with Crippen LogP contribution in [0.3, 0.4) is 0 Å². The van der Waals surface area contributed by atoms with Gasteiger partial charge in [0.05, 0.1) is 15.6 Å². The molecule has 0 heterocycles. The molecule has 0 atom stereocenters. The summed E-state index contributed by atoms with van der Waals surface area (Å²) in [7, 11) is -3.80. The van der Waals surface area contributed by atoms with Crippen LogP contribution in [-0.4, -0.2) is 8.42 Å². The lowest BCUT2D eigenvalue weighted by Gasteiger charge is -2.14. The number of para-hydroxylation sites is 1. The van der Waals surface area contributed by atoms with E-state index in [0.717, 1.165) is 0 Å². The molecule has 0 amide bonds. The Morgan fingerprint density at radius 1 is 1.19 bits per heavy atom. The van der Waals surface area contributed by atoms with Gasteiger partial charge in [-0.15, -0.1) is 0 Å². The van der Waals surface area contributed by atoms with E-state index in [9.17, 15) is 8.42 Å². The lowest BCUT2D eigenvalue weighted by Crippen LogP contribution is -2.16. The highest BCUT2D eigenvalue weighted by molar-refractivity contribution is 7.92. The van der Waals surface area contributed by atoms with E-state index in [0.29, 0.717) is 26.9 Å². The van der Waals surface area contributed by atoms with Gasteiger partial charge < -0.3 is 5.73 Å². The molecule has 0 aliphatic heterocycles. The van der Waals surface area contributed by atoms with Crippen molar-refractivity contribution in [1.29, 1.82) is 0 Å². The van der Waals surface area contributed by atoms with Gasteiger partial charge in [0.2, 0.25) is 0 Å².